The van der Waals surface area contributed by atoms with Crippen LogP contribution in [0.25, 0.3) is 10.6 Å². The fraction of sp³-hybridized carbons (Fsp3) is 0.440. The molecule has 1 aliphatic heterocycles. The van der Waals surface area contributed by atoms with Gasteiger partial charge in [-0.15, -0.1) is 10.2 Å². The van der Waals surface area contributed by atoms with Crippen molar-refractivity contribution in [3.63, 3.8) is 0 Å². The minimum Gasteiger partial charge on any atom is -0.503 e. The lowest BCUT2D eigenvalue weighted by molar-refractivity contribution is 0.0494. The Labute approximate surface area is 202 Å². The Balaban J connectivity index is 1.76. The molecular formula is C25H30N4O4S. The highest BCUT2D eigenvalue weighted by Gasteiger charge is 2.38. The van der Waals surface area contributed by atoms with Crippen LogP contribution in [0.15, 0.2) is 35.3 Å². The number of aryl methyl sites for hydroxylation is 1. The molecule has 0 saturated heterocycles. The number of amides is 1. The monoisotopic (exact) mass is 482 g/mol. The van der Waals surface area contributed by atoms with Crippen LogP contribution >= 0.6 is 11.3 Å². The first-order valence-corrected chi connectivity index (χ1v) is 12.2. The molecule has 1 aliphatic rings. The summed E-state index contributed by atoms with van der Waals surface area (Å²) >= 11 is 1.32. The van der Waals surface area contributed by atoms with E-state index in [1.165, 1.54) is 16.9 Å². The van der Waals surface area contributed by atoms with Crippen molar-refractivity contribution < 1.29 is 14.6 Å². The molecule has 0 bridgehead atoms. The summed E-state index contributed by atoms with van der Waals surface area (Å²) < 4.78 is 7.10. The van der Waals surface area contributed by atoms with E-state index in [1.54, 1.807) is 22.8 Å². The van der Waals surface area contributed by atoms with Crippen LogP contribution in [0.4, 0.5) is 0 Å². The first kappa shape index (κ1) is 24.1. The molecule has 34 heavy (non-hydrogen) atoms. The normalized spacial score (nSPS) is 16.7. The van der Waals surface area contributed by atoms with E-state index < -0.39 is 11.2 Å². The molecule has 1 amide bonds. The molecule has 9 heteroatoms. The Hall–Kier alpha value is -3.04. The van der Waals surface area contributed by atoms with Gasteiger partial charge in [0.25, 0.3) is 5.91 Å². The molecule has 3 heterocycles. The molecule has 1 aromatic carbocycles. The van der Waals surface area contributed by atoms with Crippen molar-refractivity contribution in [1.82, 2.24) is 19.7 Å². The molecule has 4 rings (SSSR count). The van der Waals surface area contributed by atoms with Gasteiger partial charge in [0.15, 0.2) is 16.5 Å². The van der Waals surface area contributed by atoms with Gasteiger partial charge in [0.2, 0.25) is 5.43 Å². The summed E-state index contributed by atoms with van der Waals surface area (Å²) in [7, 11) is 1.64. The predicted molar refractivity (Wildman–Crippen MR) is 132 cm³/mol. The number of carbonyl (C=O) groups is 1. The second-order valence-electron chi connectivity index (χ2n) is 9.19. The molecule has 1 N–H and O–H groups in total. The number of hydrogen-bond donors (Lipinski definition) is 1. The van der Waals surface area contributed by atoms with Crippen LogP contribution in [0.3, 0.4) is 0 Å². The van der Waals surface area contributed by atoms with E-state index in [0.29, 0.717) is 24.6 Å². The summed E-state index contributed by atoms with van der Waals surface area (Å²) in [6, 6.07) is 7.95. The molecule has 8 nitrogen and oxygen atoms in total. The zero-order chi connectivity index (χ0) is 24.6. The van der Waals surface area contributed by atoms with Gasteiger partial charge in [0, 0.05) is 38.2 Å². The van der Waals surface area contributed by atoms with Crippen molar-refractivity contribution in [2.75, 3.05) is 20.3 Å². The van der Waals surface area contributed by atoms with E-state index in [2.05, 4.69) is 10.2 Å². The van der Waals surface area contributed by atoms with Gasteiger partial charge in [-0.25, -0.2) is 0 Å². The maximum Gasteiger partial charge on any atom is 0.274 e. The largest absolute Gasteiger partial charge is 0.503 e. The van der Waals surface area contributed by atoms with Gasteiger partial charge in [-0.1, -0.05) is 48.1 Å². The number of hydrogen-bond acceptors (Lipinski definition) is 7. The first-order chi connectivity index (χ1) is 16.2. The van der Waals surface area contributed by atoms with E-state index >= 15 is 0 Å². The number of nitrogens with zero attached hydrogens (tertiary/aromatic N) is 4. The van der Waals surface area contributed by atoms with E-state index in [4.69, 9.17) is 4.74 Å². The Kier molecular flexibility index (Phi) is 6.86. The minimum absolute atomic E-state index is 0.0195. The van der Waals surface area contributed by atoms with E-state index in [0.717, 1.165) is 10.6 Å². The number of aromatic nitrogens is 3. The third-order valence-electron chi connectivity index (χ3n) is 6.30. The van der Waals surface area contributed by atoms with Gasteiger partial charge in [-0.2, -0.15) is 0 Å². The number of fused-ring (bicyclic) bond motifs is 1. The van der Waals surface area contributed by atoms with Crippen molar-refractivity contribution in [3.05, 3.63) is 62.5 Å². The van der Waals surface area contributed by atoms with Gasteiger partial charge in [0.1, 0.15) is 5.01 Å². The van der Waals surface area contributed by atoms with Crippen LogP contribution in [0.5, 0.6) is 5.75 Å². The quantitative estimate of drug-likeness (QED) is 0.552. The fourth-order valence-corrected chi connectivity index (χ4v) is 5.22. The summed E-state index contributed by atoms with van der Waals surface area (Å²) in [5, 5.41) is 20.6. The topological polar surface area (TPSA) is 97.6 Å². The lowest BCUT2D eigenvalue weighted by atomic mass is 9.97. The van der Waals surface area contributed by atoms with Crippen LogP contribution in [0.2, 0.25) is 0 Å². The van der Waals surface area contributed by atoms with Crippen molar-refractivity contribution in [2.24, 2.45) is 5.92 Å². The molecule has 2 atom stereocenters. The summed E-state index contributed by atoms with van der Waals surface area (Å²) in [6.07, 6.45) is 2.26. The molecule has 2 aromatic heterocycles. The highest BCUT2D eigenvalue weighted by Crippen LogP contribution is 2.34. The molecule has 0 spiro atoms. The second kappa shape index (κ2) is 9.68. The molecule has 0 unspecified atom stereocenters. The lowest BCUT2D eigenvalue weighted by Gasteiger charge is -2.40. The molecule has 0 aliphatic carbocycles. The van der Waals surface area contributed by atoms with Gasteiger partial charge < -0.3 is 19.3 Å². The first-order valence-electron chi connectivity index (χ1n) is 11.4. The Morgan fingerprint density at radius 3 is 2.53 bits per heavy atom. The standard InChI is InChI=1S/C25H30N4O4S/c1-14(2)28-12-19(16(4)13-33-5)29-11-18(22(30)23(31)21(29)25(28)32)24-27-26-20(34-24)10-17-8-6-15(3)7-9-17/h6-9,11,14,16,19,31H,10,12-13H2,1-5H3/t16-,19+/m0/s1. The van der Waals surface area contributed by atoms with Crippen LogP contribution in [0, 0.1) is 12.8 Å². The summed E-state index contributed by atoms with van der Waals surface area (Å²) in [4.78, 5) is 28.0. The number of methoxy groups -OCH3 is 1. The maximum atomic E-state index is 13.2. The van der Waals surface area contributed by atoms with Crippen molar-refractivity contribution in [2.45, 2.75) is 46.2 Å². The summed E-state index contributed by atoms with van der Waals surface area (Å²) in [5.41, 5.74) is 1.94. The number of pyridine rings is 1. The SMILES string of the molecule is COC[C@H](C)[C@H]1CN(C(C)C)C(=O)c2c(O)c(=O)c(-c3nnc(Cc4ccc(C)cc4)s3)cn21. The zero-order valence-electron chi connectivity index (χ0n) is 20.1. The zero-order valence-corrected chi connectivity index (χ0v) is 20.9. The van der Waals surface area contributed by atoms with E-state index in [1.807, 2.05) is 52.0 Å². The third kappa shape index (κ3) is 4.50. The molecule has 0 fully saturated rings. The van der Waals surface area contributed by atoms with Crippen LogP contribution < -0.4 is 5.43 Å². The van der Waals surface area contributed by atoms with E-state index in [9.17, 15) is 14.7 Å². The van der Waals surface area contributed by atoms with Crippen LogP contribution in [-0.4, -0.2) is 57.0 Å². The highest BCUT2D eigenvalue weighted by atomic mass is 32.1. The van der Waals surface area contributed by atoms with Gasteiger partial charge >= 0.3 is 0 Å². The van der Waals surface area contributed by atoms with E-state index in [-0.39, 0.29) is 35.2 Å². The fourth-order valence-electron chi connectivity index (χ4n) is 4.34. The number of carbonyl (C=O) groups excluding carboxylic acids is 1. The smallest absolute Gasteiger partial charge is 0.274 e. The highest BCUT2D eigenvalue weighted by molar-refractivity contribution is 7.14. The van der Waals surface area contributed by atoms with Gasteiger partial charge in [-0.3, -0.25) is 9.59 Å². The minimum atomic E-state index is -0.610. The Morgan fingerprint density at radius 1 is 1.18 bits per heavy atom. The molecular weight excluding hydrogens is 452 g/mol. The number of aromatic hydroxyl groups is 1. The Morgan fingerprint density at radius 2 is 1.88 bits per heavy atom. The summed E-state index contributed by atoms with van der Waals surface area (Å²) in [5.74, 6) is -0.855. The lowest BCUT2D eigenvalue weighted by Crippen LogP contribution is -2.49. The maximum absolute atomic E-state index is 13.2. The average molecular weight is 483 g/mol. The number of rotatable bonds is 7. The van der Waals surface area contributed by atoms with Crippen molar-refractivity contribution in [3.8, 4) is 16.3 Å². The summed E-state index contributed by atoms with van der Waals surface area (Å²) in [6.45, 7) is 8.86. The molecule has 3 aromatic rings. The molecule has 0 radical (unpaired) electrons. The van der Waals surface area contributed by atoms with Gasteiger partial charge in [0.05, 0.1) is 18.2 Å². The number of ether oxygens (including phenoxy) is 1. The second-order valence-corrected chi connectivity index (χ2v) is 10.3. The third-order valence-corrected chi connectivity index (χ3v) is 7.25. The van der Waals surface area contributed by atoms with Gasteiger partial charge in [-0.05, 0) is 26.3 Å². The van der Waals surface area contributed by atoms with Crippen LogP contribution in [-0.2, 0) is 11.2 Å². The Bertz CT molecular complexity index is 1250. The molecule has 180 valence electrons. The van der Waals surface area contributed by atoms with Crippen molar-refractivity contribution >= 4 is 17.2 Å². The number of benzene rings is 1. The molecule has 0 saturated carbocycles. The predicted octanol–water partition coefficient (Wildman–Crippen LogP) is 3.66. The van der Waals surface area contributed by atoms with Crippen LogP contribution in [0.1, 0.15) is 53.4 Å². The van der Waals surface area contributed by atoms with Crippen molar-refractivity contribution in [1.29, 1.82) is 0 Å². The average Bonchev–Trinajstić information content (AvgIpc) is 3.25.